The quantitative estimate of drug-likeness (QED) is 0.939. The van der Waals surface area contributed by atoms with E-state index < -0.39 is 0 Å². The van der Waals surface area contributed by atoms with Gasteiger partial charge in [-0.2, -0.15) is 0 Å². The summed E-state index contributed by atoms with van der Waals surface area (Å²) >= 11 is 0. The molecule has 5 nitrogen and oxygen atoms in total. The van der Waals surface area contributed by atoms with Crippen LogP contribution in [0.1, 0.15) is 29.3 Å². The smallest absolute Gasteiger partial charge is 0.255 e. The second-order valence-corrected chi connectivity index (χ2v) is 5.71. The number of ether oxygens (including phenoxy) is 1. The average molecular weight is 324 g/mol. The fraction of sp³-hybridized carbons (Fsp3) is 0.263. The van der Waals surface area contributed by atoms with Gasteiger partial charge in [0.1, 0.15) is 5.75 Å². The Morgan fingerprint density at radius 3 is 2.83 bits per heavy atom. The Labute approximate surface area is 141 Å². The van der Waals surface area contributed by atoms with Gasteiger partial charge in [0.2, 0.25) is 5.91 Å². The van der Waals surface area contributed by atoms with Crippen molar-refractivity contribution in [2.24, 2.45) is 0 Å². The van der Waals surface area contributed by atoms with Crippen molar-refractivity contribution in [3.05, 3.63) is 53.6 Å². The Kier molecular flexibility index (Phi) is 4.51. The van der Waals surface area contributed by atoms with E-state index in [2.05, 4.69) is 5.32 Å². The molecule has 0 aliphatic carbocycles. The number of anilines is 2. The molecule has 1 aliphatic rings. The van der Waals surface area contributed by atoms with E-state index in [1.807, 2.05) is 31.2 Å². The Hall–Kier alpha value is -2.82. The highest BCUT2D eigenvalue weighted by atomic mass is 16.5. The van der Waals surface area contributed by atoms with Gasteiger partial charge in [0.05, 0.1) is 6.61 Å². The monoisotopic (exact) mass is 324 g/mol. The molecule has 2 aromatic rings. The largest absolute Gasteiger partial charge is 0.494 e. The van der Waals surface area contributed by atoms with Crippen molar-refractivity contribution in [2.75, 3.05) is 23.9 Å². The standard InChI is InChI=1S/C19H20N2O3/c1-3-24-16-6-4-5-14(12-16)19(23)20-15-8-9-17-13(11-15)7-10-18(22)21(17)2/h4-6,8-9,11-12H,3,7,10H2,1-2H3,(H,20,23). The van der Waals surface area contributed by atoms with Crippen LogP contribution in [0.25, 0.3) is 0 Å². The molecular weight excluding hydrogens is 304 g/mol. The van der Waals surface area contributed by atoms with Crippen LogP contribution in [-0.4, -0.2) is 25.5 Å². The molecule has 0 fully saturated rings. The van der Waals surface area contributed by atoms with E-state index in [4.69, 9.17) is 4.74 Å². The van der Waals surface area contributed by atoms with Crippen LogP contribution in [0, 0.1) is 0 Å². The lowest BCUT2D eigenvalue weighted by atomic mass is 10.0. The van der Waals surface area contributed by atoms with Crippen LogP contribution in [0.2, 0.25) is 0 Å². The van der Waals surface area contributed by atoms with Gasteiger partial charge in [0, 0.05) is 30.4 Å². The zero-order valence-corrected chi connectivity index (χ0v) is 13.8. The minimum Gasteiger partial charge on any atom is -0.494 e. The van der Waals surface area contributed by atoms with E-state index in [0.29, 0.717) is 30.8 Å². The van der Waals surface area contributed by atoms with E-state index in [0.717, 1.165) is 16.9 Å². The lowest BCUT2D eigenvalue weighted by Gasteiger charge is -2.26. The number of nitrogens with zero attached hydrogens (tertiary/aromatic N) is 1. The Balaban J connectivity index is 1.78. The van der Waals surface area contributed by atoms with Crippen molar-refractivity contribution in [3.8, 4) is 5.75 Å². The molecule has 1 heterocycles. The number of amides is 2. The molecule has 0 saturated carbocycles. The summed E-state index contributed by atoms with van der Waals surface area (Å²) in [7, 11) is 1.78. The first-order valence-corrected chi connectivity index (χ1v) is 8.02. The number of aryl methyl sites for hydroxylation is 1. The molecule has 124 valence electrons. The Morgan fingerprint density at radius 1 is 1.21 bits per heavy atom. The lowest BCUT2D eigenvalue weighted by Crippen LogP contribution is -2.31. The van der Waals surface area contributed by atoms with Gasteiger partial charge in [-0.3, -0.25) is 9.59 Å². The van der Waals surface area contributed by atoms with Gasteiger partial charge in [-0.05, 0) is 55.3 Å². The van der Waals surface area contributed by atoms with E-state index in [1.165, 1.54) is 0 Å². The number of fused-ring (bicyclic) bond motifs is 1. The zero-order chi connectivity index (χ0) is 17.1. The van der Waals surface area contributed by atoms with Crippen molar-refractivity contribution >= 4 is 23.2 Å². The maximum atomic E-state index is 12.4. The maximum absolute atomic E-state index is 12.4. The van der Waals surface area contributed by atoms with Crippen LogP contribution >= 0.6 is 0 Å². The van der Waals surface area contributed by atoms with Crippen molar-refractivity contribution < 1.29 is 14.3 Å². The number of hydrogen-bond donors (Lipinski definition) is 1. The van der Waals surface area contributed by atoms with Crippen LogP contribution in [0.3, 0.4) is 0 Å². The third-order valence-electron chi connectivity index (χ3n) is 4.09. The van der Waals surface area contributed by atoms with Crippen LogP contribution < -0.4 is 15.0 Å². The fourth-order valence-electron chi connectivity index (χ4n) is 2.83. The molecule has 0 spiro atoms. The van der Waals surface area contributed by atoms with Crippen molar-refractivity contribution in [1.82, 2.24) is 0 Å². The molecule has 24 heavy (non-hydrogen) atoms. The number of nitrogens with one attached hydrogen (secondary N) is 1. The molecule has 0 bridgehead atoms. The van der Waals surface area contributed by atoms with Gasteiger partial charge in [0.15, 0.2) is 0 Å². The normalized spacial score (nSPS) is 13.4. The summed E-state index contributed by atoms with van der Waals surface area (Å²) in [6, 6.07) is 12.7. The first-order valence-electron chi connectivity index (χ1n) is 8.02. The summed E-state index contributed by atoms with van der Waals surface area (Å²) in [5.74, 6) is 0.611. The molecule has 2 amide bonds. The Morgan fingerprint density at radius 2 is 2.04 bits per heavy atom. The number of carbonyl (C=O) groups is 2. The number of rotatable bonds is 4. The molecule has 0 atom stereocenters. The molecule has 1 N–H and O–H groups in total. The molecule has 5 heteroatoms. The SMILES string of the molecule is CCOc1cccc(C(=O)Nc2ccc3c(c2)CCC(=O)N3C)c1. The molecule has 2 aromatic carbocycles. The predicted octanol–water partition coefficient (Wildman–Crippen LogP) is 3.25. The van der Waals surface area contributed by atoms with E-state index in [9.17, 15) is 9.59 Å². The number of carbonyl (C=O) groups excluding carboxylic acids is 2. The van der Waals surface area contributed by atoms with Gasteiger partial charge in [-0.1, -0.05) is 6.07 Å². The summed E-state index contributed by atoms with van der Waals surface area (Å²) in [6.07, 6.45) is 1.19. The first-order chi connectivity index (χ1) is 11.6. The van der Waals surface area contributed by atoms with Crippen LogP contribution in [0.15, 0.2) is 42.5 Å². The highest BCUT2D eigenvalue weighted by Gasteiger charge is 2.21. The predicted molar refractivity (Wildman–Crippen MR) is 93.7 cm³/mol. The van der Waals surface area contributed by atoms with Crippen LogP contribution in [0.5, 0.6) is 5.75 Å². The molecule has 1 aliphatic heterocycles. The third-order valence-corrected chi connectivity index (χ3v) is 4.09. The molecule has 0 aromatic heterocycles. The third kappa shape index (κ3) is 3.25. The van der Waals surface area contributed by atoms with Gasteiger partial charge < -0.3 is 15.0 Å². The molecule has 0 saturated heterocycles. The summed E-state index contributed by atoms with van der Waals surface area (Å²) < 4.78 is 5.43. The maximum Gasteiger partial charge on any atom is 0.255 e. The summed E-state index contributed by atoms with van der Waals surface area (Å²) in [5.41, 5.74) is 3.25. The number of benzene rings is 2. The highest BCUT2D eigenvalue weighted by molar-refractivity contribution is 6.05. The van der Waals surface area contributed by atoms with Crippen molar-refractivity contribution in [3.63, 3.8) is 0 Å². The molecular formula is C19H20N2O3. The highest BCUT2D eigenvalue weighted by Crippen LogP contribution is 2.29. The van der Waals surface area contributed by atoms with E-state index in [1.54, 1.807) is 30.1 Å². The van der Waals surface area contributed by atoms with Crippen molar-refractivity contribution in [1.29, 1.82) is 0 Å². The molecule has 0 unspecified atom stereocenters. The summed E-state index contributed by atoms with van der Waals surface area (Å²) in [4.78, 5) is 25.8. The summed E-state index contributed by atoms with van der Waals surface area (Å²) in [5, 5.41) is 2.91. The fourth-order valence-corrected chi connectivity index (χ4v) is 2.83. The van der Waals surface area contributed by atoms with Crippen LogP contribution in [-0.2, 0) is 11.2 Å². The van der Waals surface area contributed by atoms with Gasteiger partial charge in [0.25, 0.3) is 5.91 Å². The second kappa shape index (κ2) is 6.74. The molecule has 3 rings (SSSR count). The zero-order valence-electron chi connectivity index (χ0n) is 13.8. The minimum absolute atomic E-state index is 0.118. The van der Waals surface area contributed by atoms with Gasteiger partial charge >= 0.3 is 0 Å². The van der Waals surface area contributed by atoms with Gasteiger partial charge in [-0.15, -0.1) is 0 Å². The van der Waals surface area contributed by atoms with Crippen molar-refractivity contribution in [2.45, 2.75) is 19.8 Å². The lowest BCUT2D eigenvalue weighted by molar-refractivity contribution is -0.118. The second-order valence-electron chi connectivity index (χ2n) is 5.71. The number of hydrogen-bond acceptors (Lipinski definition) is 3. The van der Waals surface area contributed by atoms with Gasteiger partial charge in [-0.25, -0.2) is 0 Å². The average Bonchev–Trinajstić information content (AvgIpc) is 2.59. The van der Waals surface area contributed by atoms with Crippen LogP contribution in [0.4, 0.5) is 11.4 Å². The summed E-state index contributed by atoms with van der Waals surface area (Å²) in [6.45, 7) is 2.46. The molecule has 0 radical (unpaired) electrons. The Bertz CT molecular complexity index is 786. The topological polar surface area (TPSA) is 58.6 Å². The van der Waals surface area contributed by atoms with E-state index in [-0.39, 0.29) is 11.8 Å². The van der Waals surface area contributed by atoms with E-state index >= 15 is 0 Å². The first kappa shape index (κ1) is 16.1. The minimum atomic E-state index is -0.184.